The van der Waals surface area contributed by atoms with Crippen LogP contribution < -0.4 is 11.1 Å². The summed E-state index contributed by atoms with van der Waals surface area (Å²) >= 11 is 0. The molecule has 0 atom stereocenters. The molecule has 0 fully saturated rings. The van der Waals surface area contributed by atoms with Crippen molar-refractivity contribution in [2.45, 2.75) is 0 Å². The number of anilines is 1. The van der Waals surface area contributed by atoms with Crippen molar-refractivity contribution < 1.29 is 4.79 Å². The van der Waals surface area contributed by atoms with Crippen LogP contribution in [0.3, 0.4) is 0 Å². The number of hydrogen-bond acceptors (Lipinski definition) is 3. The van der Waals surface area contributed by atoms with Crippen LogP contribution in [0.5, 0.6) is 0 Å². The van der Waals surface area contributed by atoms with Gasteiger partial charge in [-0.3, -0.25) is 9.78 Å². The number of pyridine rings is 1. The van der Waals surface area contributed by atoms with Gasteiger partial charge in [-0.15, -0.1) is 0 Å². The normalized spacial score (nSPS) is 9.32. The van der Waals surface area contributed by atoms with Crippen molar-refractivity contribution in [2.24, 2.45) is 5.73 Å². The Labute approximate surface area is 111 Å². The fraction of sp³-hybridized carbons (Fsp3) is 0.0667. The summed E-state index contributed by atoms with van der Waals surface area (Å²) in [5, 5.41) is 2.80. The molecule has 0 saturated carbocycles. The number of carbonyl (C=O) groups is 1. The zero-order valence-electron chi connectivity index (χ0n) is 10.3. The van der Waals surface area contributed by atoms with Crippen LogP contribution in [0.15, 0.2) is 48.8 Å². The van der Waals surface area contributed by atoms with E-state index >= 15 is 0 Å². The smallest absolute Gasteiger partial charge is 0.256 e. The van der Waals surface area contributed by atoms with Crippen LogP contribution in [0.25, 0.3) is 0 Å². The summed E-state index contributed by atoms with van der Waals surface area (Å²) in [6.45, 7) is 0.264. The van der Waals surface area contributed by atoms with Gasteiger partial charge in [-0.2, -0.15) is 0 Å². The van der Waals surface area contributed by atoms with Crippen molar-refractivity contribution in [1.82, 2.24) is 4.98 Å². The monoisotopic (exact) mass is 251 g/mol. The largest absolute Gasteiger partial charge is 0.322 e. The summed E-state index contributed by atoms with van der Waals surface area (Å²) in [4.78, 5) is 16.1. The third-order valence-electron chi connectivity index (χ3n) is 2.43. The molecule has 0 spiro atoms. The molecular weight excluding hydrogens is 238 g/mol. The lowest BCUT2D eigenvalue weighted by molar-refractivity contribution is 0.102. The van der Waals surface area contributed by atoms with Gasteiger partial charge in [-0.05, 0) is 24.3 Å². The van der Waals surface area contributed by atoms with Crippen LogP contribution >= 0.6 is 0 Å². The van der Waals surface area contributed by atoms with E-state index in [4.69, 9.17) is 5.73 Å². The Morgan fingerprint density at radius 1 is 1.21 bits per heavy atom. The molecule has 3 N–H and O–H groups in total. The second-order valence-corrected chi connectivity index (χ2v) is 3.74. The molecule has 0 radical (unpaired) electrons. The van der Waals surface area contributed by atoms with Crippen LogP contribution in [0.1, 0.15) is 15.9 Å². The number of nitrogens with two attached hydrogens (primary N) is 1. The van der Waals surface area contributed by atoms with Crippen LogP contribution in [0.2, 0.25) is 0 Å². The molecular formula is C15H13N3O. The number of aromatic nitrogens is 1. The van der Waals surface area contributed by atoms with Crippen molar-refractivity contribution in [3.8, 4) is 11.8 Å². The first-order valence-corrected chi connectivity index (χ1v) is 5.80. The molecule has 0 bridgehead atoms. The second-order valence-electron chi connectivity index (χ2n) is 3.74. The maximum atomic E-state index is 12.2. The van der Waals surface area contributed by atoms with Crippen molar-refractivity contribution in [3.63, 3.8) is 0 Å². The summed E-state index contributed by atoms with van der Waals surface area (Å²) in [5.41, 5.74) is 7.24. The first kappa shape index (κ1) is 12.8. The van der Waals surface area contributed by atoms with Crippen LogP contribution in [-0.2, 0) is 0 Å². The van der Waals surface area contributed by atoms with E-state index in [9.17, 15) is 4.79 Å². The molecule has 1 aromatic carbocycles. The molecule has 1 amide bonds. The van der Waals surface area contributed by atoms with Crippen LogP contribution in [-0.4, -0.2) is 17.4 Å². The SMILES string of the molecule is NCC#Cc1ccccc1C(=O)Nc1ccncc1. The van der Waals surface area contributed by atoms with Crippen molar-refractivity contribution in [1.29, 1.82) is 0 Å². The fourth-order valence-corrected chi connectivity index (χ4v) is 1.57. The fourth-order valence-electron chi connectivity index (χ4n) is 1.57. The second kappa shape index (κ2) is 6.34. The highest BCUT2D eigenvalue weighted by Crippen LogP contribution is 2.11. The van der Waals surface area contributed by atoms with E-state index in [1.165, 1.54) is 0 Å². The maximum Gasteiger partial charge on any atom is 0.256 e. The van der Waals surface area contributed by atoms with Crippen molar-refractivity contribution in [2.75, 3.05) is 11.9 Å². The summed E-state index contributed by atoms with van der Waals surface area (Å²) < 4.78 is 0. The highest BCUT2D eigenvalue weighted by molar-refractivity contribution is 6.05. The molecule has 94 valence electrons. The maximum absolute atomic E-state index is 12.2. The molecule has 1 aromatic heterocycles. The third-order valence-corrected chi connectivity index (χ3v) is 2.43. The lowest BCUT2D eigenvalue weighted by Gasteiger charge is -2.06. The molecule has 4 heteroatoms. The quantitative estimate of drug-likeness (QED) is 0.797. The standard InChI is InChI=1S/C15H13N3O/c16-9-3-5-12-4-1-2-6-14(12)15(19)18-13-7-10-17-11-8-13/h1-2,4,6-8,10-11H,9,16H2,(H,17,18,19). The number of benzene rings is 1. The molecule has 0 aliphatic rings. The summed E-state index contributed by atoms with van der Waals surface area (Å²) in [6, 6.07) is 10.6. The van der Waals surface area contributed by atoms with Gasteiger partial charge in [0.1, 0.15) is 0 Å². The zero-order valence-corrected chi connectivity index (χ0v) is 10.3. The lowest BCUT2D eigenvalue weighted by atomic mass is 10.1. The van der Waals surface area contributed by atoms with E-state index in [1.54, 1.807) is 42.7 Å². The minimum absolute atomic E-state index is 0.201. The van der Waals surface area contributed by atoms with E-state index in [0.717, 1.165) is 0 Å². The number of nitrogens with zero attached hydrogens (tertiary/aromatic N) is 1. The molecule has 1 heterocycles. The highest BCUT2D eigenvalue weighted by atomic mass is 16.1. The van der Waals surface area contributed by atoms with Crippen molar-refractivity contribution in [3.05, 3.63) is 59.9 Å². The molecule has 2 aromatic rings. The Balaban J connectivity index is 2.24. The van der Waals surface area contributed by atoms with Gasteiger partial charge in [0.05, 0.1) is 12.1 Å². The summed E-state index contributed by atoms with van der Waals surface area (Å²) in [6.07, 6.45) is 3.24. The molecule has 0 unspecified atom stereocenters. The topological polar surface area (TPSA) is 68.0 Å². The van der Waals surface area contributed by atoms with Gasteiger partial charge in [-0.25, -0.2) is 0 Å². The lowest BCUT2D eigenvalue weighted by Crippen LogP contribution is -2.13. The number of amides is 1. The summed E-state index contributed by atoms with van der Waals surface area (Å²) in [7, 11) is 0. The Morgan fingerprint density at radius 2 is 1.95 bits per heavy atom. The van der Waals surface area contributed by atoms with Gasteiger partial charge < -0.3 is 11.1 Å². The Morgan fingerprint density at radius 3 is 2.68 bits per heavy atom. The Kier molecular flexibility index (Phi) is 4.27. The van der Waals surface area contributed by atoms with Gasteiger partial charge in [-0.1, -0.05) is 24.0 Å². The average Bonchev–Trinajstić information content (AvgIpc) is 2.46. The minimum Gasteiger partial charge on any atom is -0.322 e. The molecule has 2 rings (SSSR count). The highest BCUT2D eigenvalue weighted by Gasteiger charge is 2.09. The molecule has 19 heavy (non-hydrogen) atoms. The van der Waals surface area contributed by atoms with Crippen molar-refractivity contribution >= 4 is 11.6 Å². The van der Waals surface area contributed by atoms with Gasteiger partial charge in [0.15, 0.2) is 0 Å². The van der Waals surface area contributed by atoms with Gasteiger partial charge >= 0.3 is 0 Å². The third kappa shape index (κ3) is 3.41. The predicted octanol–water partition coefficient (Wildman–Crippen LogP) is 1.64. The average molecular weight is 251 g/mol. The number of hydrogen-bond donors (Lipinski definition) is 2. The number of rotatable bonds is 2. The number of nitrogens with one attached hydrogen (secondary N) is 1. The van der Waals surface area contributed by atoms with Crippen LogP contribution in [0.4, 0.5) is 5.69 Å². The zero-order chi connectivity index (χ0) is 13.5. The van der Waals surface area contributed by atoms with E-state index in [-0.39, 0.29) is 12.5 Å². The minimum atomic E-state index is -0.201. The predicted molar refractivity (Wildman–Crippen MR) is 74.6 cm³/mol. The van der Waals surface area contributed by atoms with E-state index < -0.39 is 0 Å². The van der Waals surface area contributed by atoms with E-state index in [2.05, 4.69) is 22.1 Å². The Hall–Kier alpha value is -2.64. The Bertz CT molecular complexity index is 627. The van der Waals surface area contributed by atoms with E-state index in [1.807, 2.05) is 6.07 Å². The van der Waals surface area contributed by atoms with E-state index in [0.29, 0.717) is 16.8 Å². The van der Waals surface area contributed by atoms with Gasteiger partial charge in [0.25, 0.3) is 5.91 Å². The molecule has 4 nitrogen and oxygen atoms in total. The van der Waals surface area contributed by atoms with Gasteiger partial charge in [0, 0.05) is 23.6 Å². The molecule has 0 aliphatic heterocycles. The molecule has 0 aliphatic carbocycles. The number of carbonyl (C=O) groups excluding carboxylic acids is 1. The molecule has 0 saturated heterocycles. The first-order chi connectivity index (χ1) is 9.31. The van der Waals surface area contributed by atoms with Gasteiger partial charge in [0.2, 0.25) is 0 Å². The first-order valence-electron chi connectivity index (χ1n) is 5.80. The van der Waals surface area contributed by atoms with Crippen LogP contribution in [0, 0.1) is 11.8 Å². The summed E-state index contributed by atoms with van der Waals surface area (Å²) in [5.74, 6) is 5.44.